The predicted octanol–water partition coefficient (Wildman–Crippen LogP) is 1.63. The van der Waals surface area contributed by atoms with E-state index >= 15 is 0 Å². The Morgan fingerprint density at radius 1 is 1.20 bits per heavy atom. The third kappa shape index (κ3) is 3.83. The highest BCUT2D eigenvalue weighted by molar-refractivity contribution is 5.78. The Kier molecular flexibility index (Phi) is 4.76. The number of aromatic nitrogens is 3. The summed E-state index contributed by atoms with van der Waals surface area (Å²) in [4.78, 5) is 31.0. The van der Waals surface area contributed by atoms with Gasteiger partial charge in [-0.1, -0.05) is 0 Å². The van der Waals surface area contributed by atoms with E-state index in [-0.39, 0.29) is 11.1 Å². The molecule has 0 saturated heterocycles. The van der Waals surface area contributed by atoms with Crippen LogP contribution in [0, 0.1) is 19.7 Å². The van der Waals surface area contributed by atoms with Gasteiger partial charge in [-0.2, -0.15) is 4.98 Å². The summed E-state index contributed by atoms with van der Waals surface area (Å²) in [5, 5.41) is 3.52. The van der Waals surface area contributed by atoms with Gasteiger partial charge in [0.05, 0.1) is 0 Å². The number of nitrogens with zero attached hydrogens (tertiary/aromatic N) is 2. The molecule has 7 heteroatoms. The molecule has 0 amide bonds. The SMILES string of the molecule is Cc1cc(C)n(CCNCc2cc(=O)c3cc(F)ccc3[nH]2)c(=O)n1. The van der Waals surface area contributed by atoms with Crippen molar-refractivity contribution in [2.24, 2.45) is 0 Å². The first-order valence-corrected chi connectivity index (χ1v) is 8.01. The van der Waals surface area contributed by atoms with Crippen LogP contribution in [0.5, 0.6) is 0 Å². The fourth-order valence-electron chi connectivity index (χ4n) is 2.83. The zero-order valence-corrected chi connectivity index (χ0v) is 14.1. The summed E-state index contributed by atoms with van der Waals surface area (Å²) in [7, 11) is 0. The summed E-state index contributed by atoms with van der Waals surface area (Å²) in [5.41, 5.74) is 2.38. The van der Waals surface area contributed by atoms with E-state index < -0.39 is 5.82 Å². The summed E-state index contributed by atoms with van der Waals surface area (Å²) >= 11 is 0. The van der Waals surface area contributed by atoms with Crippen LogP contribution in [-0.2, 0) is 13.1 Å². The smallest absolute Gasteiger partial charge is 0.347 e. The highest BCUT2D eigenvalue weighted by atomic mass is 19.1. The minimum absolute atomic E-state index is 0.222. The largest absolute Gasteiger partial charge is 0.357 e. The topological polar surface area (TPSA) is 79.8 Å². The number of aryl methyl sites for hydroxylation is 2. The molecule has 3 rings (SSSR count). The predicted molar refractivity (Wildman–Crippen MR) is 94.2 cm³/mol. The van der Waals surface area contributed by atoms with E-state index in [9.17, 15) is 14.0 Å². The molecule has 2 aromatic heterocycles. The third-order valence-electron chi connectivity index (χ3n) is 4.02. The van der Waals surface area contributed by atoms with Gasteiger partial charge in [-0.3, -0.25) is 9.36 Å². The summed E-state index contributed by atoms with van der Waals surface area (Å²) in [6.07, 6.45) is 0. The lowest BCUT2D eigenvalue weighted by Gasteiger charge is -2.11. The van der Waals surface area contributed by atoms with Gasteiger partial charge >= 0.3 is 5.69 Å². The molecular formula is C18H19FN4O2. The molecule has 0 spiro atoms. The van der Waals surface area contributed by atoms with E-state index in [0.29, 0.717) is 41.9 Å². The van der Waals surface area contributed by atoms with E-state index in [2.05, 4.69) is 15.3 Å². The van der Waals surface area contributed by atoms with Gasteiger partial charge in [-0.25, -0.2) is 9.18 Å². The van der Waals surface area contributed by atoms with Crippen LogP contribution in [-0.4, -0.2) is 21.1 Å². The number of H-pyrrole nitrogens is 1. The molecule has 0 aliphatic heterocycles. The van der Waals surface area contributed by atoms with Gasteiger partial charge in [0, 0.05) is 53.7 Å². The number of benzene rings is 1. The molecule has 3 aromatic rings. The Morgan fingerprint density at radius 3 is 2.76 bits per heavy atom. The molecule has 0 radical (unpaired) electrons. The molecule has 2 heterocycles. The van der Waals surface area contributed by atoms with E-state index in [1.54, 1.807) is 17.6 Å². The molecule has 0 bridgehead atoms. The van der Waals surface area contributed by atoms with Crippen molar-refractivity contribution in [3.63, 3.8) is 0 Å². The van der Waals surface area contributed by atoms with Crippen LogP contribution in [0.25, 0.3) is 10.9 Å². The van der Waals surface area contributed by atoms with E-state index in [0.717, 1.165) is 5.69 Å². The number of hydrogen-bond donors (Lipinski definition) is 2. The van der Waals surface area contributed by atoms with Gasteiger partial charge in [0.25, 0.3) is 0 Å². The van der Waals surface area contributed by atoms with Gasteiger partial charge < -0.3 is 10.3 Å². The third-order valence-corrected chi connectivity index (χ3v) is 4.02. The zero-order valence-electron chi connectivity index (χ0n) is 14.1. The first-order chi connectivity index (χ1) is 11.9. The van der Waals surface area contributed by atoms with Crippen molar-refractivity contribution in [3.05, 3.63) is 73.9 Å². The molecule has 0 fully saturated rings. The second-order valence-corrected chi connectivity index (χ2v) is 6.00. The molecule has 1 aromatic carbocycles. The first kappa shape index (κ1) is 17.0. The molecule has 2 N–H and O–H groups in total. The van der Waals surface area contributed by atoms with Crippen LogP contribution in [0.4, 0.5) is 4.39 Å². The van der Waals surface area contributed by atoms with E-state index in [4.69, 9.17) is 0 Å². The average Bonchev–Trinajstić information content (AvgIpc) is 2.54. The lowest BCUT2D eigenvalue weighted by molar-refractivity contribution is 0.560. The molecule has 0 atom stereocenters. The van der Waals surface area contributed by atoms with Crippen molar-refractivity contribution >= 4 is 10.9 Å². The maximum Gasteiger partial charge on any atom is 0.347 e. The zero-order chi connectivity index (χ0) is 18.0. The van der Waals surface area contributed by atoms with Crippen molar-refractivity contribution in [2.45, 2.75) is 26.9 Å². The normalized spacial score (nSPS) is 11.2. The minimum atomic E-state index is -0.434. The summed E-state index contributed by atoms with van der Waals surface area (Å²) in [6.45, 7) is 5.14. The van der Waals surface area contributed by atoms with Gasteiger partial charge in [0.2, 0.25) is 0 Å². The number of pyridine rings is 1. The fourth-order valence-corrected chi connectivity index (χ4v) is 2.83. The summed E-state index contributed by atoms with van der Waals surface area (Å²) in [5.74, 6) is -0.434. The van der Waals surface area contributed by atoms with Crippen molar-refractivity contribution < 1.29 is 4.39 Å². The van der Waals surface area contributed by atoms with Crippen molar-refractivity contribution in [3.8, 4) is 0 Å². The van der Waals surface area contributed by atoms with E-state index in [1.165, 1.54) is 18.2 Å². The van der Waals surface area contributed by atoms with Crippen molar-refractivity contribution in [2.75, 3.05) is 6.54 Å². The van der Waals surface area contributed by atoms with Crippen molar-refractivity contribution in [1.82, 2.24) is 19.9 Å². The van der Waals surface area contributed by atoms with Crippen LogP contribution in [0.3, 0.4) is 0 Å². The Labute approximate surface area is 143 Å². The molecule has 0 aliphatic carbocycles. The number of fused-ring (bicyclic) bond motifs is 1. The second-order valence-electron chi connectivity index (χ2n) is 6.00. The Hall–Kier alpha value is -2.80. The van der Waals surface area contributed by atoms with Gasteiger partial charge in [-0.15, -0.1) is 0 Å². The second kappa shape index (κ2) is 6.98. The molecular weight excluding hydrogens is 323 g/mol. The van der Waals surface area contributed by atoms with E-state index in [1.807, 2.05) is 13.0 Å². The molecule has 0 aliphatic rings. The highest BCUT2D eigenvalue weighted by Gasteiger charge is 2.05. The van der Waals surface area contributed by atoms with Gasteiger partial charge in [0.1, 0.15) is 5.82 Å². The van der Waals surface area contributed by atoms with Crippen LogP contribution in [0.15, 0.2) is 39.9 Å². The maximum absolute atomic E-state index is 13.2. The Morgan fingerprint density at radius 2 is 2.00 bits per heavy atom. The Bertz CT molecular complexity index is 1040. The number of aromatic amines is 1. The molecule has 25 heavy (non-hydrogen) atoms. The minimum Gasteiger partial charge on any atom is -0.357 e. The fraction of sp³-hybridized carbons (Fsp3) is 0.278. The monoisotopic (exact) mass is 342 g/mol. The molecule has 0 unspecified atom stereocenters. The van der Waals surface area contributed by atoms with Gasteiger partial charge in [-0.05, 0) is 38.1 Å². The first-order valence-electron chi connectivity index (χ1n) is 8.01. The molecule has 6 nitrogen and oxygen atoms in total. The Balaban J connectivity index is 1.67. The lowest BCUT2D eigenvalue weighted by atomic mass is 10.2. The average molecular weight is 342 g/mol. The summed E-state index contributed by atoms with van der Waals surface area (Å²) < 4.78 is 14.8. The highest BCUT2D eigenvalue weighted by Crippen LogP contribution is 2.10. The van der Waals surface area contributed by atoms with Crippen LogP contribution in [0.2, 0.25) is 0 Å². The van der Waals surface area contributed by atoms with Crippen LogP contribution < -0.4 is 16.4 Å². The summed E-state index contributed by atoms with van der Waals surface area (Å²) in [6, 6.07) is 7.41. The van der Waals surface area contributed by atoms with Crippen molar-refractivity contribution in [1.29, 1.82) is 0 Å². The number of halogens is 1. The van der Waals surface area contributed by atoms with Crippen LogP contribution >= 0.6 is 0 Å². The quantitative estimate of drug-likeness (QED) is 0.691. The molecule has 0 saturated carbocycles. The lowest BCUT2D eigenvalue weighted by Crippen LogP contribution is -2.30. The number of hydrogen-bond acceptors (Lipinski definition) is 4. The standard InChI is InChI=1S/C18H19FN4O2/c1-11-7-12(2)23(18(25)21-11)6-5-20-10-14-9-17(24)15-8-13(19)3-4-16(15)22-14/h3-4,7-9,20H,5-6,10H2,1-2H3,(H,22,24). The number of rotatable bonds is 5. The molecule has 130 valence electrons. The van der Waals surface area contributed by atoms with Crippen LogP contribution in [0.1, 0.15) is 17.1 Å². The van der Waals surface area contributed by atoms with Gasteiger partial charge in [0.15, 0.2) is 5.43 Å². The number of nitrogens with one attached hydrogen (secondary N) is 2. The maximum atomic E-state index is 13.2.